The Morgan fingerprint density at radius 1 is 0.923 bits per heavy atom. The van der Waals surface area contributed by atoms with Gasteiger partial charge in [-0.2, -0.15) is 0 Å². The molecule has 26 heavy (non-hydrogen) atoms. The number of nitrogens with one attached hydrogen (secondary N) is 1. The summed E-state index contributed by atoms with van der Waals surface area (Å²) in [6.45, 7) is 1.79. The molecule has 0 fully saturated rings. The zero-order valence-corrected chi connectivity index (χ0v) is 15.7. The van der Waals surface area contributed by atoms with E-state index >= 15 is 0 Å². The molecule has 3 aromatic rings. The molecule has 5 nitrogen and oxygen atoms in total. The lowest BCUT2D eigenvalue weighted by Crippen LogP contribution is -2.22. The van der Waals surface area contributed by atoms with Gasteiger partial charge in [0.05, 0.1) is 10.6 Å². The molecule has 1 amide bonds. The third-order valence-corrected chi connectivity index (χ3v) is 5.53. The Morgan fingerprint density at radius 3 is 2.31 bits per heavy atom. The number of hydrogen-bond acceptors (Lipinski definition) is 3. The van der Waals surface area contributed by atoms with Crippen LogP contribution in [0.1, 0.15) is 15.9 Å². The van der Waals surface area contributed by atoms with Crippen LogP contribution in [0.4, 0.5) is 5.69 Å². The van der Waals surface area contributed by atoms with Crippen molar-refractivity contribution in [3.05, 3.63) is 71.8 Å². The Labute approximate surface area is 153 Å². The topological polar surface area (TPSA) is 66.5 Å². The molecule has 3 rings (SSSR count). The molecule has 0 radical (unpaired) electrons. The summed E-state index contributed by atoms with van der Waals surface area (Å²) in [7, 11) is -0.457. The van der Waals surface area contributed by atoms with E-state index in [1.807, 2.05) is 24.3 Å². The minimum Gasteiger partial charge on any atom is -0.345 e. The molecule has 0 aliphatic heterocycles. The summed E-state index contributed by atoms with van der Waals surface area (Å²) in [5.74, 6) is -0.184. The first-order valence-corrected chi connectivity index (χ1v) is 9.60. The highest BCUT2D eigenvalue weighted by Crippen LogP contribution is 2.24. The van der Waals surface area contributed by atoms with E-state index in [4.69, 9.17) is 0 Å². The number of sulfonamides is 1. The van der Waals surface area contributed by atoms with Crippen LogP contribution in [0.25, 0.3) is 10.8 Å². The van der Waals surface area contributed by atoms with Crippen molar-refractivity contribution < 1.29 is 13.2 Å². The molecule has 0 spiro atoms. The Kier molecular flexibility index (Phi) is 4.70. The van der Waals surface area contributed by atoms with Gasteiger partial charge in [-0.1, -0.05) is 36.4 Å². The zero-order valence-electron chi connectivity index (χ0n) is 14.9. The summed E-state index contributed by atoms with van der Waals surface area (Å²) >= 11 is 0. The number of rotatable bonds is 4. The van der Waals surface area contributed by atoms with E-state index in [2.05, 4.69) is 4.72 Å². The third kappa shape index (κ3) is 3.55. The molecule has 0 atom stereocenters. The Morgan fingerprint density at radius 2 is 1.62 bits per heavy atom. The van der Waals surface area contributed by atoms with E-state index in [-0.39, 0.29) is 10.8 Å². The van der Waals surface area contributed by atoms with E-state index in [1.54, 1.807) is 57.4 Å². The molecule has 1 N–H and O–H groups in total. The van der Waals surface area contributed by atoms with Gasteiger partial charge in [-0.25, -0.2) is 8.42 Å². The van der Waals surface area contributed by atoms with Gasteiger partial charge >= 0.3 is 0 Å². The number of hydrogen-bond donors (Lipinski definition) is 1. The van der Waals surface area contributed by atoms with Crippen LogP contribution in [0.2, 0.25) is 0 Å². The van der Waals surface area contributed by atoms with Crippen molar-refractivity contribution >= 4 is 32.4 Å². The zero-order chi connectivity index (χ0) is 18.9. The van der Waals surface area contributed by atoms with E-state index in [1.165, 1.54) is 4.90 Å². The second-order valence-corrected chi connectivity index (χ2v) is 8.03. The van der Waals surface area contributed by atoms with Crippen molar-refractivity contribution in [1.82, 2.24) is 4.90 Å². The number of amides is 1. The molecular formula is C20H20N2O3S. The van der Waals surface area contributed by atoms with E-state index in [9.17, 15) is 13.2 Å². The van der Waals surface area contributed by atoms with Crippen molar-refractivity contribution in [3.63, 3.8) is 0 Å². The van der Waals surface area contributed by atoms with Crippen LogP contribution in [-0.2, 0) is 10.0 Å². The van der Waals surface area contributed by atoms with E-state index < -0.39 is 10.0 Å². The first kappa shape index (κ1) is 17.9. The van der Waals surface area contributed by atoms with Crippen LogP contribution in [-0.4, -0.2) is 33.3 Å². The largest absolute Gasteiger partial charge is 0.345 e. The van der Waals surface area contributed by atoms with Crippen LogP contribution in [0.3, 0.4) is 0 Å². The SMILES string of the molecule is Cc1ccc(C(=O)N(C)C)cc1NS(=O)(=O)c1ccc2ccccc2c1. The predicted octanol–water partition coefficient (Wildman–Crippen LogP) is 3.65. The van der Waals surface area contributed by atoms with Gasteiger partial charge in [0.25, 0.3) is 15.9 Å². The summed E-state index contributed by atoms with van der Waals surface area (Å²) in [4.78, 5) is 13.8. The highest BCUT2D eigenvalue weighted by Gasteiger charge is 2.17. The van der Waals surface area contributed by atoms with Crippen molar-refractivity contribution in [1.29, 1.82) is 0 Å². The fourth-order valence-electron chi connectivity index (χ4n) is 2.66. The predicted molar refractivity (Wildman–Crippen MR) is 104 cm³/mol. The molecule has 0 aliphatic carbocycles. The lowest BCUT2D eigenvalue weighted by molar-refractivity contribution is 0.0827. The quantitative estimate of drug-likeness (QED) is 0.764. The Balaban J connectivity index is 1.98. The molecule has 0 bridgehead atoms. The first-order chi connectivity index (χ1) is 12.3. The summed E-state index contributed by atoms with van der Waals surface area (Å²) in [6, 6.07) is 17.6. The minimum atomic E-state index is -3.76. The Hall–Kier alpha value is -2.86. The van der Waals surface area contributed by atoms with Gasteiger partial charge in [0.1, 0.15) is 0 Å². The second kappa shape index (κ2) is 6.80. The van der Waals surface area contributed by atoms with Gasteiger partial charge in [0.15, 0.2) is 0 Å². The molecule has 0 heterocycles. The number of nitrogens with zero attached hydrogens (tertiary/aromatic N) is 1. The van der Waals surface area contributed by atoms with Crippen LogP contribution in [0, 0.1) is 6.92 Å². The Bertz CT molecular complexity index is 1090. The molecule has 3 aromatic carbocycles. The smallest absolute Gasteiger partial charge is 0.261 e. The minimum absolute atomic E-state index is 0.180. The second-order valence-electron chi connectivity index (χ2n) is 6.34. The van der Waals surface area contributed by atoms with Crippen LogP contribution < -0.4 is 4.72 Å². The molecule has 0 aromatic heterocycles. The fraction of sp³-hybridized carbons (Fsp3) is 0.150. The molecule has 0 unspecified atom stereocenters. The van der Waals surface area contributed by atoms with Crippen molar-refractivity contribution in [2.45, 2.75) is 11.8 Å². The van der Waals surface area contributed by atoms with Gasteiger partial charge in [-0.15, -0.1) is 0 Å². The number of benzene rings is 3. The summed E-state index contributed by atoms with van der Waals surface area (Å²) < 4.78 is 28.2. The summed E-state index contributed by atoms with van der Waals surface area (Å²) in [5, 5.41) is 1.82. The normalized spacial score (nSPS) is 11.3. The maximum Gasteiger partial charge on any atom is 0.261 e. The molecule has 0 saturated heterocycles. The average Bonchev–Trinajstić information content (AvgIpc) is 2.62. The molecule has 6 heteroatoms. The van der Waals surface area contributed by atoms with Crippen LogP contribution in [0.5, 0.6) is 0 Å². The maximum absolute atomic E-state index is 12.8. The highest BCUT2D eigenvalue weighted by atomic mass is 32.2. The van der Waals surface area contributed by atoms with Gasteiger partial charge < -0.3 is 4.90 Å². The van der Waals surface area contributed by atoms with Crippen molar-refractivity contribution in [3.8, 4) is 0 Å². The standard InChI is InChI=1S/C20H20N2O3S/c1-14-8-9-17(20(23)22(2)3)13-19(14)21-26(24,25)18-11-10-15-6-4-5-7-16(15)12-18/h4-13,21H,1-3H3. The van der Waals surface area contributed by atoms with Crippen molar-refractivity contribution in [2.24, 2.45) is 0 Å². The van der Waals surface area contributed by atoms with Crippen molar-refractivity contribution in [2.75, 3.05) is 18.8 Å². The average molecular weight is 368 g/mol. The van der Waals surface area contributed by atoms with Gasteiger partial charge in [-0.05, 0) is 47.5 Å². The van der Waals surface area contributed by atoms with E-state index in [0.717, 1.165) is 16.3 Å². The summed E-state index contributed by atoms with van der Waals surface area (Å²) in [6.07, 6.45) is 0. The number of aryl methyl sites for hydroxylation is 1. The molecule has 134 valence electrons. The van der Waals surface area contributed by atoms with E-state index in [0.29, 0.717) is 11.3 Å². The molecular weight excluding hydrogens is 348 g/mol. The third-order valence-electron chi connectivity index (χ3n) is 4.17. The molecule has 0 saturated carbocycles. The maximum atomic E-state index is 12.8. The van der Waals surface area contributed by atoms with Gasteiger partial charge in [-0.3, -0.25) is 9.52 Å². The first-order valence-electron chi connectivity index (χ1n) is 8.12. The number of carbonyl (C=O) groups excluding carboxylic acids is 1. The summed E-state index contributed by atoms with van der Waals surface area (Å²) in [5.41, 5.74) is 1.56. The van der Waals surface area contributed by atoms with Crippen LogP contribution in [0.15, 0.2) is 65.6 Å². The monoisotopic (exact) mass is 368 g/mol. The van der Waals surface area contributed by atoms with Crippen LogP contribution >= 0.6 is 0 Å². The highest BCUT2D eigenvalue weighted by molar-refractivity contribution is 7.92. The van der Waals surface area contributed by atoms with Gasteiger partial charge in [0, 0.05) is 19.7 Å². The number of anilines is 1. The molecule has 0 aliphatic rings. The number of carbonyl (C=O) groups is 1. The lowest BCUT2D eigenvalue weighted by atomic mass is 10.1. The van der Waals surface area contributed by atoms with Gasteiger partial charge in [0.2, 0.25) is 0 Å². The lowest BCUT2D eigenvalue weighted by Gasteiger charge is -2.14. The fourth-order valence-corrected chi connectivity index (χ4v) is 3.82. The number of fused-ring (bicyclic) bond motifs is 1.